The number of nitrogens with zero attached hydrogens (tertiary/aromatic N) is 1. The van der Waals surface area contributed by atoms with Crippen molar-refractivity contribution in [3.05, 3.63) is 54.2 Å². The molecule has 0 atom stereocenters. The quantitative estimate of drug-likeness (QED) is 0.713. The lowest BCUT2D eigenvalue weighted by Crippen LogP contribution is -2.10. The fraction of sp³-hybridized carbons (Fsp3) is 0.0833. The van der Waals surface area contributed by atoms with E-state index in [1.807, 2.05) is 0 Å². The fourth-order valence-corrected chi connectivity index (χ4v) is 2.28. The van der Waals surface area contributed by atoms with E-state index in [0.717, 1.165) is 12.3 Å². The predicted octanol–water partition coefficient (Wildman–Crippen LogP) is 5.32. The van der Waals surface area contributed by atoms with Gasteiger partial charge in [-0.05, 0) is 17.7 Å². The Balaban J connectivity index is 2.31. The molecule has 0 fully saturated rings. The number of benzene rings is 1. The van der Waals surface area contributed by atoms with E-state index in [1.54, 1.807) is 30.3 Å². The monoisotopic (exact) mass is 311 g/mol. The van der Waals surface area contributed by atoms with Crippen molar-refractivity contribution in [2.45, 2.75) is 11.5 Å². The van der Waals surface area contributed by atoms with Crippen LogP contribution in [-0.2, 0) is 6.61 Å². The molecule has 0 aliphatic heterocycles. The van der Waals surface area contributed by atoms with E-state index < -0.39 is 21.0 Å². The van der Waals surface area contributed by atoms with Gasteiger partial charge in [-0.3, -0.25) is 0 Å². The summed E-state index contributed by atoms with van der Waals surface area (Å²) in [7, 11) is -9.81. The third kappa shape index (κ3) is 3.60. The summed E-state index contributed by atoms with van der Waals surface area (Å²) in [5.41, 5.74) is 0.547. The van der Waals surface area contributed by atoms with E-state index in [0.29, 0.717) is 5.56 Å². The molecular formula is C12H10F5NOS. The van der Waals surface area contributed by atoms with Gasteiger partial charge in [0.05, 0.1) is 0 Å². The average molecular weight is 311 g/mol. The fourth-order valence-electron chi connectivity index (χ4n) is 1.50. The van der Waals surface area contributed by atoms with Gasteiger partial charge in [-0.1, -0.05) is 49.8 Å². The zero-order valence-corrected chi connectivity index (χ0v) is 10.8. The normalized spacial score (nSPS) is 15.2. The molecule has 0 bridgehead atoms. The molecule has 0 radical (unpaired) electrons. The van der Waals surface area contributed by atoms with E-state index >= 15 is 0 Å². The zero-order valence-electron chi connectivity index (χ0n) is 9.98. The summed E-state index contributed by atoms with van der Waals surface area (Å²) in [6.45, 7) is -0.279. The Morgan fingerprint density at radius 2 is 1.55 bits per heavy atom. The van der Waals surface area contributed by atoms with Crippen molar-refractivity contribution < 1.29 is 24.2 Å². The summed E-state index contributed by atoms with van der Waals surface area (Å²) in [5.74, 6) is -1.12. The smallest absolute Gasteiger partial charge is 0.315 e. The van der Waals surface area contributed by atoms with Crippen LogP contribution in [0.5, 0.6) is 5.88 Å². The highest BCUT2D eigenvalue weighted by atomic mass is 32.5. The Morgan fingerprint density at radius 3 is 2.15 bits per heavy atom. The molecular weight excluding hydrogens is 301 g/mol. The lowest BCUT2D eigenvalue weighted by molar-refractivity contribution is 0.274. The van der Waals surface area contributed by atoms with Crippen LogP contribution in [0.25, 0.3) is 0 Å². The maximum absolute atomic E-state index is 12.8. The van der Waals surface area contributed by atoms with Crippen LogP contribution in [0.3, 0.4) is 0 Å². The van der Waals surface area contributed by atoms with Crippen molar-refractivity contribution >= 4 is 10.2 Å². The average Bonchev–Trinajstić information content (AvgIpc) is 2.35. The number of halogens is 5. The number of rotatable bonds is 4. The Morgan fingerprint density at radius 1 is 0.900 bits per heavy atom. The van der Waals surface area contributed by atoms with E-state index in [4.69, 9.17) is 4.74 Å². The first-order valence-electron chi connectivity index (χ1n) is 5.42. The molecule has 0 aliphatic rings. The van der Waals surface area contributed by atoms with Gasteiger partial charge in [0.2, 0.25) is 5.88 Å². The van der Waals surface area contributed by atoms with Crippen LogP contribution in [-0.4, -0.2) is 4.98 Å². The van der Waals surface area contributed by atoms with Crippen LogP contribution in [0, 0.1) is 0 Å². The molecule has 8 heteroatoms. The number of aromatic nitrogens is 1. The number of hydrogen-bond donors (Lipinski definition) is 0. The van der Waals surface area contributed by atoms with Gasteiger partial charge in [0, 0.05) is 6.20 Å². The SMILES string of the molecule is FS(F)(F)(F)(F)c1cccnc1OCc1ccccc1. The minimum Gasteiger partial charge on any atom is -0.472 e. The van der Waals surface area contributed by atoms with Gasteiger partial charge in [0.25, 0.3) is 0 Å². The summed E-state index contributed by atoms with van der Waals surface area (Å²) in [6.07, 6.45) is 0.966. The molecule has 0 N–H and O–H groups in total. The molecule has 0 unspecified atom stereocenters. The minimum absolute atomic E-state index is 0.273. The number of hydrogen-bond acceptors (Lipinski definition) is 2. The van der Waals surface area contributed by atoms with Gasteiger partial charge in [-0.15, -0.1) is 0 Å². The highest BCUT2D eigenvalue weighted by Crippen LogP contribution is 3.02. The van der Waals surface area contributed by atoms with Crippen LogP contribution >= 0.6 is 10.2 Å². The maximum atomic E-state index is 12.8. The maximum Gasteiger partial charge on any atom is 0.315 e. The van der Waals surface area contributed by atoms with Gasteiger partial charge in [-0.25, -0.2) is 4.98 Å². The van der Waals surface area contributed by atoms with Crippen LogP contribution in [0.4, 0.5) is 19.4 Å². The van der Waals surface area contributed by atoms with Crippen molar-refractivity contribution in [2.75, 3.05) is 0 Å². The summed E-state index contributed by atoms with van der Waals surface area (Å²) < 4.78 is 68.9. The third-order valence-electron chi connectivity index (χ3n) is 2.37. The molecule has 0 saturated carbocycles. The second-order valence-electron chi connectivity index (χ2n) is 4.05. The molecule has 1 aromatic heterocycles. The van der Waals surface area contributed by atoms with Crippen molar-refractivity contribution in [2.24, 2.45) is 0 Å². The first-order valence-corrected chi connectivity index (χ1v) is 7.37. The van der Waals surface area contributed by atoms with Crippen molar-refractivity contribution in [1.82, 2.24) is 4.98 Å². The largest absolute Gasteiger partial charge is 0.472 e. The number of ether oxygens (including phenoxy) is 1. The Hall–Kier alpha value is -1.83. The highest BCUT2D eigenvalue weighted by Gasteiger charge is 2.67. The van der Waals surface area contributed by atoms with Gasteiger partial charge in [0.1, 0.15) is 6.61 Å². The van der Waals surface area contributed by atoms with Crippen LogP contribution in [0.2, 0.25) is 0 Å². The molecule has 0 aliphatic carbocycles. The number of pyridine rings is 1. The molecule has 2 nitrogen and oxygen atoms in total. The third-order valence-corrected chi connectivity index (χ3v) is 3.51. The Kier molecular flexibility index (Phi) is 2.97. The Labute approximate surface area is 111 Å². The van der Waals surface area contributed by atoms with Gasteiger partial charge in [-0.2, -0.15) is 0 Å². The molecule has 110 valence electrons. The van der Waals surface area contributed by atoms with Crippen LogP contribution in [0.1, 0.15) is 5.56 Å². The van der Waals surface area contributed by atoms with Crippen LogP contribution < -0.4 is 4.74 Å². The summed E-state index contributed by atoms with van der Waals surface area (Å²) in [6, 6.07) is 9.29. The topological polar surface area (TPSA) is 22.1 Å². The molecule has 0 saturated heterocycles. The second-order valence-corrected chi connectivity index (χ2v) is 6.43. The summed E-state index contributed by atoms with van der Waals surface area (Å²) in [5, 5.41) is 0. The summed E-state index contributed by atoms with van der Waals surface area (Å²) >= 11 is 0. The van der Waals surface area contributed by atoms with E-state index in [9.17, 15) is 19.4 Å². The van der Waals surface area contributed by atoms with Crippen molar-refractivity contribution in [3.8, 4) is 5.88 Å². The standard InChI is InChI=1S/C12H10F5NOS/c13-20(14,15,16,17)11-7-4-8-18-12(11)19-9-10-5-2-1-3-6-10/h1-8H,9H2. The van der Waals surface area contributed by atoms with E-state index in [1.165, 1.54) is 0 Å². The lowest BCUT2D eigenvalue weighted by atomic mass is 10.2. The van der Waals surface area contributed by atoms with E-state index in [-0.39, 0.29) is 12.7 Å². The van der Waals surface area contributed by atoms with Gasteiger partial charge >= 0.3 is 10.2 Å². The second kappa shape index (κ2) is 4.08. The Bertz CT molecular complexity index is 614. The van der Waals surface area contributed by atoms with E-state index in [2.05, 4.69) is 4.98 Å². The molecule has 2 aromatic rings. The first-order chi connectivity index (χ1) is 9.06. The molecule has 2 rings (SSSR count). The van der Waals surface area contributed by atoms with Gasteiger partial charge < -0.3 is 4.74 Å². The molecule has 0 spiro atoms. The first kappa shape index (κ1) is 14.6. The molecule has 1 heterocycles. The highest BCUT2D eigenvalue weighted by molar-refractivity contribution is 8.45. The molecule has 20 heavy (non-hydrogen) atoms. The van der Waals surface area contributed by atoms with Gasteiger partial charge in [0.15, 0.2) is 4.90 Å². The lowest BCUT2D eigenvalue weighted by Gasteiger charge is -2.40. The zero-order chi connectivity index (χ0) is 14.9. The summed E-state index contributed by atoms with van der Waals surface area (Å²) in [4.78, 5) is 1.15. The molecule has 1 aromatic carbocycles. The predicted molar refractivity (Wildman–Crippen MR) is 66.4 cm³/mol. The van der Waals surface area contributed by atoms with Crippen LogP contribution in [0.15, 0.2) is 53.6 Å². The van der Waals surface area contributed by atoms with Crippen molar-refractivity contribution in [3.63, 3.8) is 0 Å². The molecule has 0 amide bonds. The minimum atomic E-state index is -9.81. The van der Waals surface area contributed by atoms with Crippen molar-refractivity contribution in [1.29, 1.82) is 0 Å².